The van der Waals surface area contributed by atoms with Crippen LogP contribution in [0.3, 0.4) is 0 Å². The van der Waals surface area contributed by atoms with Crippen LogP contribution in [0.15, 0.2) is 42.5 Å². The minimum atomic E-state index is -0.204. The number of hydrogen-bond donors (Lipinski definition) is 1. The van der Waals surface area contributed by atoms with E-state index in [2.05, 4.69) is 12.2 Å². The number of rotatable bonds is 8. The fourth-order valence-corrected chi connectivity index (χ4v) is 2.37. The van der Waals surface area contributed by atoms with Crippen LogP contribution in [-0.4, -0.2) is 19.1 Å². The second-order valence-electron chi connectivity index (χ2n) is 5.76. The average Bonchev–Trinajstić information content (AvgIpc) is 2.56. The first kappa shape index (κ1) is 17.9. The number of unbranched alkanes of at least 4 members (excludes halogenated alkanes) is 1. The molecule has 4 heteroatoms. The van der Waals surface area contributed by atoms with Crippen molar-refractivity contribution in [3.05, 3.63) is 53.6 Å². The van der Waals surface area contributed by atoms with Crippen LogP contribution in [0.1, 0.15) is 30.9 Å². The number of anilines is 1. The van der Waals surface area contributed by atoms with Crippen LogP contribution < -0.4 is 14.8 Å². The standard InChI is InChI=1S/C20H25NO3/c1-4-5-13-23-18-12-7-6-11-17(18)21-19(22)14-24-20-15(2)9-8-10-16(20)3/h6-12H,4-5,13-14H2,1-3H3,(H,21,22). The summed E-state index contributed by atoms with van der Waals surface area (Å²) in [7, 11) is 0. The van der Waals surface area contributed by atoms with Gasteiger partial charge in [0.05, 0.1) is 12.3 Å². The van der Waals surface area contributed by atoms with Crippen molar-refractivity contribution in [2.24, 2.45) is 0 Å². The zero-order valence-electron chi connectivity index (χ0n) is 14.6. The second kappa shape index (κ2) is 8.96. The number of ether oxygens (including phenoxy) is 2. The molecule has 0 radical (unpaired) electrons. The molecule has 1 amide bonds. The third-order valence-electron chi connectivity index (χ3n) is 3.67. The van der Waals surface area contributed by atoms with Gasteiger partial charge in [0.15, 0.2) is 6.61 Å². The number of nitrogens with one attached hydrogen (secondary N) is 1. The number of aryl methyl sites for hydroxylation is 2. The van der Waals surface area contributed by atoms with E-state index in [1.165, 1.54) is 0 Å². The van der Waals surface area contributed by atoms with Crippen LogP contribution >= 0.6 is 0 Å². The Kier molecular flexibility index (Phi) is 6.67. The Morgan fingerprint density at radius 3 is 2.42 bits per heavy atom. The highest BCUT2D eigenvalue weighted by Gasteiger charge is 2.10. The second-order valence-corrected chi connectivity index (χ2v) is 5.76. The van der Waals surface area contributed by atoms with Crippen LogP contribution in [0, 0.1) is 13.8 Å². The Morgan fingerprint density at radius 2 is 1.71 bits per heavy atom. The molecule has 2 rings (SSSR count). The summed E-state index contributed by atoms with van der Waals surface area (Å²) < 4.78 is 11.4. The summed E-state index contributed by atoms with van der Waals surface area (Å²) >= 11 is 0. The number of hydrogen-bond acceptors (Lipinski definition) is 3. The lowest BCUT2D eigenvalue weighted by Gasteiger charge is -2.14. The molecule has 128 valence electrons. The van der Waals surface area contributed by atoms with Gasteiger partial charge < -0.3 is 14.8 Å². The largest absolute Gasteiger partial charge is 0.491 e. The van der Waals surface area contributed by atoms with E-state index in [0.29, 0.717) is 18.0 Å². The van der Waals surface area contributed by atoms with Gasteiger partial charge in [0.1, 0.15) is 11.5 Å². The zero-order valence-corrected chi connectivity index (χ0v) is 14.6. The molecule has 2 aromatic rings. The van der Waals surface area contributed by atoms with E-state index in [0.717, 1.165) is 29.7 Å². The van der Waals surface area contributed by atoms with Gasteiger partial charge >= 0.3 is 0 Å². The van der Waals surface area contributed by atoms with Crippen LogP contribution in [0.25, 0.3) is 0 Å². The van der Waals surface area contributed by atoms with Crippen LogP contribution in [0.4, 0.5) is 5.69 Å². The molecular formula is C20H25NO3. The normalized spacial score (nSPS) is 10.3. The summed E-state index contributed by atoms with van der Waals surface area (Å²) in [6.45, 7) is 6.66. The van der Waals surface area contributed by atoms with Crippen LogP contribution in [0.5, 0.6) is 11.5 Å². The molecule has 0 atom stereocenters. The van der Waals surface area contributed by atoms with Gasteiger partial charge in [0.25, 0.3) is 5.91 Å². The first-order valence-corrected chi connectivity index (χ1v) is 8.32. The lowest BCUT2D eigenvalue weighted by atomic mass is 10.1. The van der Waals surface area contributed by atoms with E-state index in [1.54, 1.807) is 0 Å². The smallest absolute Gasteiger partial charge is 0.262 e. The van der Waals surface area contributed by atoms with Gasteiger partial charge in [-0.3, -0.25) is 4.79 Å². The van der Waals surface area contributed by atoms with Crippen molar-refractivity contribution in [1.29, 1.82) is 0 Å². The summed E-state index contributed by atoms with van der Waals surface area (Å²) in [5.41, 5.74) is 2.71. The molecule has 0 aliphatic carbocycles. The fourth-order valence-electron chi connectivity index (χ4n) is 2.37. The van der Waals surface area contributed by atoms with Crippen molar-refractivity contribution < 1.29 is 14.3 Å². The summed E-state index contributed by atoms with van der Waals surface area (Å²) in [5.74, 6) is 1.25. The summed E-state index contributed by atoms with van der Waals surface area (Å²) in [6, 6.07) is 13.4. The maximum atomic E-state index is 12.2. The van der Waals surface area contributed by atoms with Crippen molar-refractivity contribution in [3.8, 4) is 11.5 Å². The topological polar surface area (TPSA) is 47.6 Å². The van der Waals surface area contributed by atoms with E-state index in [-0.39, 0.29) is 12.5 Å². The third kappa shape index (κ3) is 5.01. The monoisotopic (exact) mass is 327 g/mol. The summed E-state index contributed by atoms with van der Waals surface area (Å²) in [5, 5.41) is 2.86. The minimum Gasteiger partial charge on any atom is -0.491 e. The number of carbonyl (C=O) groups is 1. The molecule has 4 nitrogen and oxygen atoms in total. The number of benzene rings is 2. The van der Waals surface area contributed by atoms with Gasteiger partial charge in [0.2, 0.25) is 0 Å². The molecule has 0 aliphatic heterocycles. The number of amides is 1. The SMILES string of the molecule is CCCCOc1ccccc1NC(=O)COc1c(C)cccc1C. The zero-order chi connectivity index (χ0) is 17.4. The first-order chi connectivity index (χ1) is 11.6. The Bertz CT molecular complexity index is 662. The quantitative estimate of drug-likeness (QED) is 0.726. The predicted octanol–water partition coefficient (Wildman–Crippen LogP) is 4.50. The maximum absolute atomic E-state index is 12.2. The Morgan fingerprint density at radius 1 is 1.00 bits per heavy atom. The fraction of sp³-hybridized carbons (Fsp3) is 0.350. The van der Waals surface area contributed by atoms with E-state index in [4.69, 9.17) is 9.47 Å². The lowest BCUT2D eigenvalue weighted by molar-refractivity contribution is -0.118. The molecule has 0 spiro atoms. The van der Waals surface area contributed by atoms with E-state index in [1.807, 2.05) is 56.3 Å². The molecule has 0 aromatic heterocycles. The highest BCUT2D eigenvalue weighted by atomic mass is 16.5. The Labute approximate surface area is 143 Å². The number of carbonyl (C=O) groups excluding carboxylic acids is 1. The van der Waals surface area contributed by atoms with Crippen molar-refractivity contribution in [2.45, 2.75) is 33.6 Å². The maximum Gasteiger partial charge on any atom is 0.262 e. The molecule has 0 saturated carbocycles. The van der Waals surface area contributed by atoms with Gasteiger partial charge in [-0.25, -0.2) is 0 Å². The predicted molar refractivity (Wildman–Crippen MR) is 96.9 cm³/mol. The minimum absolute atomic E-state index is 0.0328. The van der Waals surface area contributed by atoms with Gasteiger partial charge in [-0.1, -0.05) is 43.7 Å². The molecule has 2 aromatic carbocycles. The molecule has 1 N–H and O–H groups in total. The van der Waals surface area contributed by atoms with E-state index in [9.17, 15) is 4.79 Å². The highest BCUT2D eigenvalue weighted by molar-refractivity contribution is 5.93. The van der Waals surface area contributed by atoms with Gasteiger partial charge in [-0.2, -0.15) is 0 Å². The first-order valence-electron chi connectivity index (χ1n) is 8.32. The van der Waals surface area contributed by atoms with Crippen molar-refractivity contribution in [2.75, 3.05) is 18.5 Å². The van der Waals surface area contributed by atoms with Crippen molar-refractivity contribution in [1.82, 2.24) is 0 Å². The van der Waals surface area contributed by atoms with Crippen molar-refractivity contribution >= 4 is 11.6 Å². The number of para-hydroxylation sites is 3. The Balaban J connectivity index is 1.95. The van der Waals surface area contributed by atoms with Gasteiger partial charge in [-0.05, 0) is 43.5 Å². The third-order valence-corrected chi connectivity index (χ3v) is 3.67. The van der Waals surface area contributed by atoms with Crippen LogP contribution in [0.2, 0.25) is 0 Å². The molecule has 0 saturated heterocycles. The molecule has 24 heavy (non-hydrogen) atoms. The molecule has 0 unspecified atom stereocenters. The van der Waals surface area contributed by atoms with E-state index < -0.39 is 0 Å². The average molecular weight is 327 g/mol. The molecular weight excluding hydrogens is 302 g/mol. The molecule has 0 heterocycles. The van der Waals surface area contributed by atoms with Crippen molar-refractivity contribution in [3.63, 3.8) is 0 Å². The summed E-state index contributed by atoms with van der Waals surface area (Å²) in [4.78, 5) is 12.2. The van der Waals surface area contributed by atoms with Gasteiger partial charge in [-0.15, -0.1) is 0 Å². The highest BCUT2D eigenvalue weighted by Crippen LogP contribution is 2.25. The van der Waals surface area contributed by atoms with Crippen LogP contribution in [-0.2, 0) is 4.79 Å². The molecule has 0 aliphatic rings. The lowest BCUT2D eigenvalue weighted by Crippen LogP contribution is -2.21. The Hall–Kier alpha value is -2.49. The molecule has 0 fully saturated rings. The molecule has 0 bridgehead atoms. The summed E-state index contributed by atoms with van der Waals surface area (Å²) in [6.07, 6.45) is 2.05. The van der Waals surface area contributed by atoms with Gasteiger partial charge in [0, 0.05) is 0 Å². The van der Waals surface area contributed by atoms with E-state index >= 15 is 0 Å².